The van der Waals surface area contributed by atoms with Crippen molar-refractivity contribution < 1.29 is 15.0 Å². The van der Waals surface area contributed by atoms with Gasteiger partial charge in [-0.25, -0.2) is 0 Å². The molecule has 0 aromatic carbocycles. The maximum Gasteiger partial charge on any atom is 0.155 e. The second-order valence-corrected chi connectivity index (χ2v) is 8.75. The molecular weight excluding hydrogens is 276 g/mol. The average Bonchev–Trinajstić information content (AvgIpc) is 2.77. The Balaban J connectivity index is 1.74. The summed E-state index contributed by atoms with van der Waals surface area (Å²) in [7, 11) is 0. The predicted octanol–water partition coefficient (Wildman–Crippen LogP) is 2.85. The van der Waals surface area contributed by atoms with Crippen LogP contribution in [0.1, 0.15) is 58.8 Å². The molecule has 3 fully saturated rings. The van der Waals surface area contributed by atoms with Crippen molar-refractivity contribution in [2.45, 2.75) is 71.0 Å². The van der Waals surface area contributed by atoms with Crippen LogP contribution in [-0.4, -0.2) is 28.2 Å². The summed E-state index contributed by atoms with van der Waals surface area (Å²) in [5.41, 5.74) is 1.27. The van der Waals surface area contributed by atoms with Gasteiger partial charge in [-0.05, 0) is 73.2 Å². The highest BCUT2D eigenvalue weighted by atomic mass is 16.3. The number of carbonyl (C=O) groups excluding carboxylic acids is 1. The van der Waals surface area contributed by atoms with Gasteiger partial charge in [0.15, 0.2) is 5.78 Å². The second kappa shape index (κ2) is 4.67. The zero-order valence-corrected chi connectivity index (χ0v) is 13.7. The lowest BCUT2D eigenvalue weighted by molar-refractivity contribution is -0.127. The zero-order valence-electron chi connectivity index (χ0n) is 13.7. The smallest absolute Gasteiger partial charge is 0.155 e. The summed E-state index contributed by atoms with van der Waals surface area (Å²) in [6, 6.07) is 0. The number of carbonyl (C=O) groups is 1. The standard InChI is InChI=1S/C19H28O3/c1-18-7-5-12(20)9-11(18)10-15(21)17-13-3-4-16(22)19(13,2)8-6-14(17)18/h9,13-17,21-22H,3-8,10H2,1-2H3/t13-,14-,15?,16-,17-,18-,19-/m0/s1. The molecule has 0 radical (unpaired) electrons. The van der Waals surface area contributed by atoms with Gasteiger partial charge < -0.3 is 10.2 Å². The van der Waals surface area contributed by atoms with Crippen LogP contribution < -0.4 is 0 Å². The van der Waals surface area contributed by atoms with Crippen LogP contribution in [0.2, 0.25) is 0 Å². The first-order chi connectivity index (χ1) is 10.4. The molecule has 22 heavy (non-hydrogen) atoms. The Hall–Kier alpha value is -0.670. The van der Waals surface area contributed by atoms with Gasteiger partial charge in [0.05, 0.1) is 12.2 Å². The van der Waals surface area contributed by atoms with E-state index in [1.807, 2.05) is 6.08 Å². The highest BCUT2D eigenvalue weighted by molar-refractivity contribution is 5.91. The molecule has 4 aliphatic carbocycles. The maximum atomic E-state index is 11.8. The normalized spacial score (nSPS) is 54.3. The summed E-state index contributed by atoms with van der Waals surface area (Å²) >= 11 is 0. The summed E-state index contributed by atoms with van der Waals surface area (Å²) < 4.78 is 0. The predicted molar refractivity (Wildman–Crippen MR) is 84.1 cm³/mol. The van der Waals surface area contributed by atoms with Crippen molar-refractivity contribution in [2.75, 3.05) is 0 Å². The van der Waals surface area contributed by atoms with Gasteiger partial charge in [-0.3, -0.25) is 4.79 Å². The minimum Gasteiger partial charge on any atom is -0.393 e. The Morgan fingerprint density at radius 2 is 1.86 bits per heavy atom. The van der Waals surface area contributed by atoms with Gasteiger partial charge in [0, 0.05) is 6.42 Å². The first-order valence-corrected chi connectivity index (χ1v) is 8.96. The molecule has 0 aromatic heterocycles. The summed E-state index contributed by atoms with van der Waals surface area (Å²) in [6.07, 6.45) is 7.61. The zero-order chi connectivity index (χ0) is 15.7. The molecule has 4 aliphatic rings. The third-order valence-corrected chi connectivity index (χ3v) is 7.93. The lowest BCUT2D eigenvalue weighted by Gasteiger charge is -2.59. The molecule has 3 heteroatoms. The van der Waals surface area contributed by atoms with Crippen molar-refractivity contribution in [3.63, 3.8) is 0 Å². The summed E-state index contributed by atoms with van der Waals surface area (Å²) in [5.74, 6) is 1.44. The minimum atomic E-state index is -0.342. The van der Waals surface area contributed by atoms with E-state index < -0.39 is 0 Å². The van der Waals surface area contributed by atoms with Crippen LogP contribution in [0.4, 0.5) is 0 Å². The number of aliphatic hydroxyl groups is 2. The maximum absolute atomic E-state index is 11.8. The fourth-order valence-electron chi connectivity index (χ4n) is 6.50. The van der Waals surface area contributed by atoms with Crippen molar-refractivity contribution in [3.05, 3.63) is 11.6 Å². The number of rotatable bonds is 0. The molecule has 0 saturated heterocycles. The fourth-order valence-corrected chi connectivity index (χ4v) is 6.50. The van der Waals surface area contributed by atoms with Gasteiger partial charge >= 0.3 is 0 Å². The van der Waals surface area contributed by atoms with E-state index in [9.17, 15) is 15.0 Å². The molecule has 0 amide bonds. The van der Waals surface area contributed by atoms with Gasteiger partial charge in [0.2, 0.25) is 0 Å². The van der Waals surface area contributed by atoms with Gasteiger partial charge in [-0.15, -0.1) is 0 Å². The fraction of sp³-hybridized carbons (Fsp3) is 0.842. The van der Waals surface area contributed by atoms with Crippen LogP contribution in [-0.2, 0) is 4.79 Å². The van der Waals surface area contributed by atoms with Crippen LogP contribution in [0.25, 0.3) is 0 Å². The second-order valence-electron chi connectivity index (χ2n) is 8.75. The molecule has 122 valence electrons. The molecule has 4 rings (SSSR count). The molecule has 0 aliphatic heterocycles. The van der Waals surface area contributed by atoms with Gasteiger partial charge in [0.1, 0.15) is 0 Å². The molecule has 3 saturated carbocycles. The van der Waals surface area contributed by atoms with Crippen molar-refractivity contribution in [3.8, 4) is 0 Å². The van der Waals surface area contributed by atoms with E-state index in [4.69, 9.17) is 0 Å². The Kier molecular flexibility index (Phi) is 3.16. The number of aliphatic hydroxyl groups excluding tert-OH is 2. The van der Waals surface area contributed by atoms with Crippen LogP contribution in [0, 0.1) is 28.6 Å². The van der Waals surface area contributed by atoms with E-state index in [1.54, 1.807) is 0 Å². The summed E-state index contributed by atoms with van der Waals surface area (Å²) in [6.45, 7) is 4.55. The van der Waals surface area contributed by atoms with Crippen LogP contribution in [0.5, 0.6) is 0 Å². The molecule has 0 bridgehead atoms. The highest BCUT2D eigenvalue weighted by Gasteiger charge is 2.61. The highest BCUT2D eigenvalue weighted by Crippen LogP contribution is 2.65. The first-order valence-electron chi connectivity index (χ1n) is 8.96. The molecule has 2 N–H and O–H groups in total. The SMILES string of the molecule is C[C@]12CC[C@H]3[C@@H](C(O)CC4=CC(=O)CC[C@@]43C)[C@@H]1CC[C@@H]2O. The van der Waals surface area contributed by atoms with E-state index >= 15 is 0 Å². The molecule has 1 unspecified atom stereocenters. The quantitative estimate of drug-likeness (QED) is 0.723. The Labute approximate surface area is 132 Å². The minimum absolute atomic E-state index is 0.00971. The van der Waals surface area contributed by atoms with Crippen molar-refractivity contribution in [2.24, 2.45) is 28.6 Å². The van der Waals surface area contributed by atoms with Crippen molar-refractivity contribution >= 4 is 5.78 Å². The van der Waals surface area contributed by atoms with E-state index in [1.165, 1.54) is 5.57 Å². The first kappa shape index (κ1) is 14.9. The molecule has 0 aromatic rings. The number of ketones is 1. The van der Waals surface area contributed by atoms with Gasteiger partial charge in [0.25, 0.3) is 0 Å². The third-order valence-electron chi connectivity index (χ3n) is 7.93. The van der Waals surface area contributed by atoms with E-state index in [-0.39, 0.29) is 28.8 Å². The molecule has 7 atom stereocenters. The molecular formula is C19H28O3. The third kappa shape index (κ3) is 1.78. The van der Waals surface area contributed by atoms with Gasteiger partial charge in [-0.2, -0.15) is 0 Å². The Morgan fingerprint density at radius 1 is 1.09 bits per heavy atom. The number of hydrogen-bond donors (Lipinski definition) is 2. The molecule has 0 spiro atoms. The van der Waals surface area contributed by atoms with Crippen LogP contribution in [0.3, 0.4) is 0 Å². The molecule has 0 heterocycles. The monoisotopic (exact) mass is 304 g/mol. The Morgan fingerprint density at radius 3 is 2.64 bits per heavy atom. The number of fused-ring (bicyclic) bond motifs is 5. The van der Waals surface area contributed by atoms with Crippen LogP contribution >= 0.6 is 0 Å². The lowest BCUT2D eigenvalue weighted by Crippen LogP contribution is -2.55. The largest absolute Gasteiger partial charge is 0.393 e. The van der Waals surface area contributed by atoms with Crippen molar-refractivity contribution in [1.82, 2.24) is 0 Å². The Bertz CT molecular complexity index is 539. The summed E-state index contributed by atoms with van der Waals surface area (Å²) in [5, 5.41) is 21.3. The van der Waals surface area contributed by atoms with Gasteiger partial charge in [-0.1, -0.05) is 19.4 Å². The van der Waals surface area contributed by atoms with E-state index in [2.05, 4.69) is 13.8 Å². The van der Waals surface area contributed by atoms with E-state index in [0.29, 0.717) is 30.6 Å². The summed E-state index contributed by atoms with van der Waals surface area (Å²) in [4.78, 5) is 11.8. The van der Waals surface area contributed by atoms with E-state index in [0.717, 1.165) is 32.1 Å². The average molecular weight is 304 g/mol. The molecule has 3 nitrogen and oxygen atoms in total. The topological polar surface area (TPSA) is 57.5 Å². The van der Waals surface area contributed by atoms with Crippen molar-refractivity contribution in [1.29, 1.82) is 0 Å². The number of hydrogen-bond acceptors (Lipinski definition) is 3. The lowest BCUT2D eigenvalue weighted by atomic mass is 9.46. The van der Waals surface area contributed by atoms with Crippen LogP contribution in [0.15, 0.2) is 11.6 Å².